The average molecular weight is 447 g/mol. The monoisotopic (exact) mass is 446 g/mol. The van der Waals surface area contributed by atoms with Gasteiger partial charge in [-0.05, 0) is 50.1 Å². The summed E-state index contributed by atoms with van der Waals surface area (Å²) in [5, 5.41) is 14.2. The smallest absolute Gasteiger partial charge is 0.282 e. The minimum atomic E-state index is -0.565. The Balaban J connectivity index is 1.85. The van der Waals surface area contributed by atoms with E-state index in [2.05, 4.69) is 22.0 Å². The molecule has 1 heterocycles. The van der Waals surface area contributed by atoms with Gasteiger partial charge in [-0.3, -0.25) is 14.9 Å². The molecule has 1 atom stereocenters. The van der Waals surface area contributed by atoms with Crippen molar-refractivity contribution in [1.82, 2.24) is 10.2 Å². The molecule has 1 fully saturated rings. The summed E-state index contributed by atoms with van der Waals surface area (Å²) in [5.74, 6) is -0.941. The predicted octanol–water partition coefficient (Wildman–Crippen LogP) is 4.09. The van der Waals surface area contributed by atoms with Gasteiger partial charge in [-0.1, -0.05) is 6.92 Å². The summed E-state index contributed by atoms with van der Waals surface area (Å²) in [6.45, 7) is 8.35. The van der Waals surface area contributed by atoms with Crippen LogP contribution in [0, 0.1) is 15.9 Å². The van der Waals surface area contributed by atoms with Gasteiger partial charge in [-0.2, -0.15) is 0 Å². The first-order chi connectivity index (χ1) is 14.8. The maximum Gasteiger partial charge on any atom is 0.282 e. The van der Waals surface area contributed by atoms with Gasteiger partial charge in [0.15, 0.2) is 0 Å². The fourth-order valence-corrected chi connectivity index (χ4v) is 4.24. The van der Waals surface area contributed by atoms with Crippen LogP contribution in [-0.2, 0) is 0 Å². The van der Waals surface area contributed by atoms with Crippen molar-refractivity contribution in [2.24, 2.45) is 0 Å². The number of benzene rings is 2. The van der Waals surface area contributed by atoms with Crippen LogP contribution in [0.2, 0.25) is 0 Å². The van der Waals surface area contributed by atoms with E-state index in [0.717, 1.165) is 43.3 Å². The maximum atomic E-state index is 14.1. The third-order valence-electron chi connectivity index (χ3n) is 5.61. The molecule has 9 heteroatoms. The third-order valence-corrected chi connectivity index (χ3v) is 6.33. The van der Waals surface area contributed by atoms with Crippen LogP contribution in [0.3, 0.4) is 0 Å². The number of halogens is 1. The van der Waals surface area contributed by atoms with Gasteiger partial charge in [-0.25, -0.2) is 4.39 Å². The van der Waals surface area contributed by atoms with E-state index in [-0.39, 0.29) is 17.1 Å². The van der Waals surface area contributed by atoms with Crippen molar-refractivity contribution in [1.29, 1.82) is 0 Å². The molecule has 1 amide bonds. The molecule has 0 aromatic heterocycles. The van der Waals surface area contributed by atoms with Gasteiger partial charge >= 0.3 is 0 Å². The first-order valence-corrected chi connectivity index (χ1v) is 11.5. The molecular formula is C22H27FN4O3S. The summed E-state index contributed by atoms with van der Waals surface area (Å²) in [7, 11) is 0. The number of nitro groups is 1. The zero-order valence-electron chi connectivity index (χ0n) is 17.9. The number of carbonyl (C=O) groups excluding carboxylic acids is 1. The molecule has 7 nitrogen and oxygen atoms in total. The molecule has 1 saturated heterocycles. The number of amides is 1. The summed E-state index contributed by atoms with van der Waals surface area (Å²) < 4.78 is 14.1. The summed E-state index contributed by atoms with van der Waals surface area (Å²) >= 11 is 1.40. The molecule has 0 saturated carbocycles. The van der Waals surface area contributed by atoms with Gasteiger partial charge in [-0.15, -0.1) is 11.8 Å². The van der Waals surface area contributed by atoms with E-state index in [4.69, 9.17) is 0 Å². The van der Waals surface area contributed by atoms with Crippen LogP contribution in [0.5, 0.6) is 0 Å². The van der Waals surface area contributed by atoms with Crippen molar-refractivity contribution in [3.05, 3.63) is 63.5 Å². The van der Waals surface area contributed by atoms with E-state index in [1.165, 1.54) is 36.0 Å². The minimum Gasteiger partial charge on any atom is -0.369 e. The summed E-state index contributed by atoms with van der Waals surface area (Å²) in [4.78, 5) is 29.1. The second-order valence-corrected chi connectivity index (χ2v) is 8.34. The second kappa shape index (κ2) is 10.1. The molecule has 0 aliphatic carbocycles. The Morgan fingerprint density at radius 3 is 2.55 bits per heavy atom. The SMILES string of the molecule is CCN1CCN(c2ccc(F)cc2C(C)NC(=O)c2cc(SC)ccc2[N+](=O)[O-])CC1. The molecule has 166 valence electrons. The van der Waals surface area contributed by atoms with Gasteiger partial charge in [0.2, 0.25) is 0 Å². The largest absolute Gasteiger partial charge is 0.369 e. The lowest BCUT2D eigenvalue weighted by atomic mass is 10.0. The van der Waals surface area contributed by atoms with Gasteiger partial charge in [0.1, 0.15) is 11.4 Å². The lowest BCUT2D eigenvalue weighted by Gasteiger charge is -2.37. The Morgan fingerprint density at radius 2 is 1.94 bits per heavy atom. The number of rotatable bonds is 7. The van der Waals surface area contributed by atoms with E-state index < -0.39 is 16.9 Å². The number of nitro benzene ring substituents is 1. The Bertz CT molecular complexity index is 964. The maximum absolute atomic E-state index is 14.1. The molecule has 0 bridgehead atoms. The number of hydrogen-bond acceptors (Lipinski definition) is 6. The van der Waals surface area contributed by atoms with Crippen LogP contribution in [0.25, 0.3) is 0 Å². The number of nitrogens with one attached hydrogen (secondary N) is 1. The average Bonchev–Trinajstić information content (AvgIpc) is 2.78. The molecule has 2 aromatic rings. The third kappa shape index (κ3) is 5.34. The Hall–Kier alpha value is -2.65. The van der Waals surface area contributed by atoms with Crippen molar-refractivity contribution in [3.63, 3.8) is 0 Å². The first kappa shape index (κ1) is 23.0. The van der Waals surface area contributed by atoms with E-state index in [1.54, 1.807) is 19.1 Å². The quantitative estimate of drug-likeness (QED) is 0.392. The van der Waals surface area contributed by atoms with Crippen LogP contribution >= 0.6 is 11.8 Å². The van der Waals surface area contributed by atoms with Gasteiger partial charge in [0.05, 0.1) is 11.0 Å². The minimum absolute atomic E-state index is 0.00165. The number of likely N-dealkylation sites (N-methyl/N-ethyl adjacent to an activating group) is 1. The first-order valence-electron chi connectivity index (χ1n) is 10.2. The van der Waals surface area contributed by atoms with Crippen molar-refractivity contribution in [3.8, 4) is 0 Å². The van der Waals surface area contributed by atoms with E-state index in [1.807, 2.05) is 6.26 Å². The molecule has 1 unspecified atom stereocenters. The van der Waals surface area contributed by atoms with Crippen LogP contribution in [0.15, 0.2) is 41.3 Å². The summed E-state index contributed by atoms with van der Waals surface area (Å²) in [5.41, 5.74) is 1.27. The zero-order valence-corrected chi connectivity index (χ0v) is 18.7. The van der Waals surface area contributed by atoms with Gasteiger partial charge < -0.3 is 15.1 Å². The second-order valence-electron chi connectivity index (χ2n) is 7.46. The molecule has 0 radical (unpaired) electrons. The fourth-order valence-electron chi connectivity index (χ4n) is 3.80. The van der Waals surface area contributed by atoms with E-state index in [9.17, 15) is 19.3 Å². The predicted molar refractivity (Wildman–Crippen MR) is 121 cm³/mol. The van der Waals surface area contributed by atoms with Crippen molar-refractivity contribution in [2.45, 2.75) is 24.8 Å². The number of anilines is 1. The van der Waals surface area contributed by atoms with E-state index in [0.29, 0.717) is 5.56 Å². The van der Waals surface area contributed by atoms with E-state index >= 15 is 0 Å². The van der Waals surface area contributed by atoms with Gasteiger partial charge in [0, 0.05) is 48.4 Å². The highest BCUT2D eigenvalue weighted by Gasteiger charge is 2.25. The Kier molecular flexibility index (Phi) is 7.50. The lowest BCUT2D eigenvalue weighted by Crippen LogP contribution is -2.46. The molecule has 1 aliphatic rings. The van der Waals surface area contributed by atoms with Crippen molar-refractivity contribution < 1.29 is 14.1 Å². The zero-order chi connectivity index (χ0) is 22.5. The molecule has 3 rings (SSSR count). The van der Waals surface area contributed by atoms with Crippen LogP contribution in [-0.4, -0.2) is 54.7 Å². The number of nitrogens with zero attached hydrogens (tertiary/aromatic N) is 3. The van der Waals surface area contributed by atoms with Crippen LogP contribution in [0.1, 0.15) is 35.8 Å². The van der Waals surface area contributed by atoms with Crippen molar-refractivity contribution >= 4 is 29.0 Å². The highest BCUT2D eigenvalue weighted by Crippen LogP contribution is 2.30. The standard InChI is InChI=1S/C22H27FN4O3S/c1-4-25-9-11-26(12-10-25)20-7-5-16(23)13-18(20)15(2)24-22(28)19-14-17(31-3)6-8-21(19)27(29)30/h5-8,13-15H,4,9-12H2,1-3H3,(H,24,28). The highest BCUT2D eigenvalue weighted by molar-refractivity contribution is 7.98. The van der Waals surface area contributed by atoms with Crippen molar-refractivity contribution in [2.75, 3.05) is 43.9 Å². The number of carbonyl (C=O) groups is 1. The highest BCUT2D eigenvalue weighted by atomic mass is 32.2. The fraction of sp³-hybridized carbons (Fsp3) is 0.409. The summed E-state index contributed by atoms with van der Waals surface area (Å²) in [6, 6.07) is 8.54. The lowest BCUT2D eigenvalue weighted by molar-refractivity contribution is -0.385. The Morgan fingerprint density at radius 1 is 1.23 bits per heavy atom. The normalized spacial score (nSPS) is 15.5. The molecule has 2 aromatic carbocycles. The van der Waals surface area contributed by atoms with Crippen LogP contribution in [0.4, 0.5) is 15.8 Å². The molecule has 1 aliphatic heterocycles. The topological polar surface area (TPSA) is 78.7 Å². The molecular weight excluding hydrogens is 419 g/mol. The molecule has 0 spiro atoms. The summed E-state index contributed by atoms with van der Waals surface area (Å²) in [6.07, 6.45) is 1.84. The number of thioether (sulfide) groups is 1. The molecule has 1 N–H and O–H groups in total. The van der Waals surface area contributed by atoms with Crippen LogP contribution < -0.4 is 10.2 Å². The number of piperazine rings is 1. The Labute approximate surface area is 185 Å². The van der Waals surface area contributed by atoms with Gasteiger partial charge in [0.25, 0.3) is 11.6 Å². The molecule has 31 heavy (non-hydrogen) atoms. The number of hydrogen-bond donors (Lipinski definition) is 1.